The fourth-order valence-corrected chi connectivity index (χ4v) is 7.86. The predicted molar refractivity (Wildman–Crippen MR) is 278 cm³/mol. The quantitative estimate of drug-likeness (QED) is 0.133. The third-order valence-corrected chi connectivity index (χ3v) is 11.8. The molecule has 5 aromatic heterocycles. The molecule has 0 radical (unpaired) electrons. The van der Waals surface area contributed by atoms with E-state index in [-0.39, 0.29) is 30.6 Å². The van der Waals surface area contributed by atoms with Gasteiger partial charge in [-0.15, -0.1) is 0 Å². The molecule has 376 valence electrons. The monoisotopic (exact) mass is 1000 g/mol. The minimum Gasteiger partial charge on any atom is -0.447 e. The van der Waals surface area contributed by atoms with Gasteiger partial charge in [0, 0.05) is 95.9 Å². The number of nitrogens with one attached hydrogen (secondary N) is 2. The van der Waals surface area contributed by atoms with Crippen LogP contribution in [0.5, 0.6) is 0 Å². The fraction of sp³-hybridized carbons (Fsp3) is 0.167. The molecular formula is C54H48F3N11O6. The molecule has 0 bridgehead atoms. The molecule has 2 atom stereocenters. The molecule has 2 fully saturated rings. The molecule has 4 N–H and O–H groups in total. The van der Waals surface area contributed by atoms with E-state index in [1.807, 2.05) is 98.2 Å². The van der Waals surface area contributed by atoms with E-state index in [1.54, 1.807) is 49.9 Å². The number of anilines is 5. The third kappa shape index (κ3) is 12.0. The summed E-state index contributed by atoms with van der Waals surface area (Å²) in [6.45, 7) is 1.14. The zero-order valence-electron chi connectivity index (χ0n) is 40.3. The van der Waals surface area contributed by atoms with Gasteiger partial charge in [0.2, 0.25) is 0 Å². The van der Waals surface area contributed by atoms with Crippen molar-refractivity contribution in [2.24, 2.45) is 0 Å². The maximum atomic E-state index is 13.2. The number of aromatic nitrogens is 5. The second kappa shape index (κ2) is 22.3. The Bertz CT molecular complexity index is 3530. The van der Waals surface area contributed by atoms with Crippen molar-refractivity contribution in [1.82, 2.24) is 30.2 Å². The number of pyridine rings is 5. The van der Waals surface area contributed by atoms with Gasteiger partial charge in [-0.3, -0.25) is 29.5 Å². The highest BCUT2D eigenvalue weighted by molar-refractivity contribution is 6.06. The summed E-state index contributed by atoms with van der Waals surface area (Å²) in [5.74, 6) is -1.04. The smallest absolute Gasteiger partial charge is 0.416 e. The first-order valence-corrected chi connectivity index (χ1v) is 22.9. The van der Waals surface area contributed by atoms with Crippen molar-refractivity contribution in [2.45, 2.75) is 25.2 Å². The summed E-state index contributed by atoms with van der Waals surface area (Å²) in [6.07, 6.45) is 0.791. The SMILES string of the molecule is CN(C(=O)[C@@H]1COC(=O)N1)c1ccc2cccnc2c1.CNc1ccc2cccnc2c1.Cc1cc(C(F)(F)F)cc(N2C(=O)OC[C@H]2C(=O)N(C)c2ccc3cccnc3c2)n1.Nc1ccc2cccnc2c1. The van der Waals surface area contributed by atoms with E-state index in [1.165, 1.54) is 29.2 Å². The molecule has 2 aliphatic heterocycles. The van der Waals surface area contributed by atoms with E-state index < -0.39 is 41.9 Å². The Morgan fingerprint density at radius 2 is 1.16 bits per heavy atom. The molecule has 7 heterocycles. The number of carbonyl (C=O) groups is 4. The number of aryl methyl sites for hydroxylation is 1. The summed E-state index contributed by atoms with van der Waals surface area (Å²) in [5.41, 5.74) is 11.3. The number of hydrogen-bond donors (Lipinski definition) is 3. The molecule has 4 aromatic carbocycles. The largest absolute Gasteiger partial charge is 0.447 e. The second-order valence-corrected chi connectivity index (χ2v) is 16.8. The molecule has 2 saturated heterocycles. The summed E-state index contributed by atoms with van der Waals surface area (Å²) in [7, 11) is 5.08. The standard InChI is InChI=1S/C21H17F3N4O3.C14H13N3O3.C10H10N2.C9H8N2/c1-12-8-14(21(22,23)24)9-18(26-12)28-17(11-31-20(28)30)19(29)27(2)15-6-5-13-4-3-7-25-16(13)10-15;1-17(13(18)12-8-20-14(19)16-12)10-5-4-9-3-2-6-15-11(9)7-10;1-11-9-5-4-8-3-2-6-12-10(8)7-9;10-8-4-3-7-2-1-5-11-9(7)6-8/h3-10,17H,11H2,1-2H3;2-7,12H,8H2,1H3,(H,16,19);2-7,11H,1H3;1-6H,10H2/t17-;12-;;/m00../s1. The fourth-order valence-electron chi connectivity index (χ4n) is 7.86. The van der Waals surface area contributed by atoms with E-state index in [0.29, 0.717) is 11.2 Å². The molecule has 0 spiro atoms. The highest BCUT2D eigenvalue weighted by Gasteiger charge is 2.43. The number of amides is 4. The summed E-state index contributed by atoms with van der Waals surface area (Å²) in [5, 5.41) is 9.75. The van der Waals surface area contributed by atoms with Gasteiger partial charge in [-0.05, 0) is 91.9 Å². The number of benzene rings is 4. The van der Waals surface area contributed by atoms with Gasteiger partial charge >= 0.3 is 18.4 Å². The van der Waals surface area contributed by atoms with Crippen LogP contribution >= 0.6 is 0 Å². The number of alkyl carbamates (subject to hydrolysis) is 1. The first-order valence-electron chi connectivity index (χ1n) is 22.9. The van der Waals surface area contributed by atoms with Crippen LogP contribution in [0.4, 0.5) is 51.3 Å². The number of nitrogens with zero attached hydrogens (tertiary/aromatic N) is 8. The zero-order valence-corrected chi connectivity index (χ0v) is 40.3. The molecule has 20 heteroatoms. The number of halogens is 3. The number of hydrogen-bond acceptors (Lipinski definition) is 13. The van der Waals surface area contributed by atoms with Crippen LogP contribution < -0.4 is 31.1 Å². The first-order chi connectivity index (χ1) is 35.6. The Hall–Kier alpha value is -9.46. The Morgan fingerprint density at radius 1 is 0.662 bits per heavy atom. The minimum atomic E-state index is -4.62. The van der Waals surface area contributed by atoms with Crippen LogP contribution in [0.1, 0.15) is 11.3 Å². The number of rotatable bonds is 6. The number of fused-ring (bicyclic) bond motifs is 4. The van der Waals surface area contributed by atoms with E-state index >= 15 is 0 Å². The number of carbonyl (C=O) groups excluding carboxylic acids is 4. The van der Waals surface area contributed by atoms with Crippen LogP contribution in [-0.2, 0) is 25.2 Å². The molecule has 74 heavy (non-hydrogen) atoms. The Kier molecular flexibility index (Phi) is 15.4. The number of cyclic esters (lactones) is 2. The maximum Gasteiger partial charge on any atom is 0.416 e. The van der Waals surface area contributed by atoms with Crippen molar-refractivity contribution in [2.75, 3.05) is 60.1 Å². The van der Waals surface area contributed by atoms with Crippen molar-refractivity contribution in [3.05, 3.63) is 170 Å². The summed E-state index contributed by atoms with van der Waals surface area (Å²) in [4.78, 5) is 73.3. The van der Waals surface area contributed by atoms with Gasteiger partial charge in [0.05, 0.1) is 27.6 Å². The highest BCUT2D eigenvalue weighted by Crippen LogP contribution is 2.34. The van der Waals surface area contributed by atoms with Crippen molar-refractivity contribution in [3.8, 4) is 0 Å². The molecule has 4 amide bonds. The van der Waals surface area contributed by atoms with Crippen LogP contribution in [0, 0.1) is 6.92 Å². The Balaban J connectivity index is 0.000000144. The molecule has 11 rings (SSSR count). The van der Waals surface area contributed by atoms with Crippen molar-refractivity contribution in [3.63, 3.8) is 0 Å². The van der Waals surface area contributed by atoms with Crippen molar-refractivity contribution < 1.29 is 41.8 Å². The lowest BCUT2D eigenvalue weighted by Gasteiger charge is -2.26. The molecular weight excluding hydrogens is 956 g/mol. The molecule has 0 unspecified atom stereocenters. The zero-order chi connectivity index (χ0) is 52.5. The van der Waals surface area contributed by atoms with E-state index in [0.717, 1.165) is 66.8 Å². The number of nitrogen functional groups attached to an aromatic ring is 1. The molecule has 0 saturated carbocycles. The van der Waals surface area contributed by atoms with Crippen LogP contribution in [-0.4, -0.2) is 95.4 Å². The normalized spacial score (nSPS) is 14.8. The summed E-state index contributed by atoms with van der Waals surface area (Å²) < 4.78 is 49.4. The lowest BCUT2D eigenvalue weighted by Crippen LogP contribution is -2.47. The van der Waals surface area contributed by atoms with Crippen LogP contribution in [0.25, 0.3) is 43.6 Å². The van der Waals surface area contributed by atoms with Gasteiger partial charge in [-0.1, -0.05) is 48.5 Å². The topological polar surface area (TPSA) is 211 Å². The van der Waals surface area contributed by atoms with Crippen LogP contribution in [0.3, 0.4) is 0 Å². The Morgan fingerprint density at radius 3 is 1.68 bits per heavy atom. The summed E-state index contributed by atoms with van der Waals surface area (Å²) >= 11 is 0. The van der Waals surface area contributed by atoms with Gasteiger partial charge in [0.1, 0.15) is 25.1 Å². The average Bonchev–Trinajstić information content (AvgIpc) is 4.04. The van der Waals surface area contributed by atoms with E-state index in [9.17, 15) is 32.3 Å². The van der Waals surface area contributed by atoms with Gasteiger partial charge in [-0.25, -0.2) is 19.5 Å². The predicted octanol–water partition coefficient (Wildman–Crippen LogP) is 9.34. The van der Waals surface area contributed by atoms with E-state index in [2.05, 4.69) is 47.7 Å². The lowest BCUT2D eigenvalue weighted by molar-refractivity contribution is -0.137. The van der Waals surface area contributed by atoms with Crippen LogP contribution in [0.15, 0.2) is 158 Å². The minimum absolute atomic E-state index is 0.0599. The molecule has 17 nitrogen and oxygen atoms in total. The van der Waals surface area contributed by atoms with E-state index in [4.69, 9.17) is 15.2 Å². The van der Waals surface area contributed by atoms with Crippen molar-refractivity contribution >= 4 is 96.2 Å². The van der Waals surface area contributed by atoms with Gasteiger partial charge in [0.25, 0.3) is 11.8 Å². The highest BCUT2D eigenvalue weighted by atomic mass is 19.4. The number of nitrogens with two attached hydrogens (primary N) is 1. The molecule has 9 aromatic rings. The second-order valence-electron chi connectivity index (χ2n) is 16.8. The molecule has 0 aliphatic carbocycles. The Labute approximate surface area is 421 Å². The molecule has 2 aliphatic rings. The maximum absolute atomic E-state index is 13.2. The van der Waals surface area contributed by atoms with Crippen molar-refractivity contribution in [1.29, 1.82) is 0 Å². The lowest BCUT2D eigenvalue weighted by atomic mass is 10.1. The van der Waals surface area contributed by atoms with Gasteiger partial charge < -0.3 is 35.6 Å². The average molecular weight is 1000 g/mol. The number of alkyl halides is 3. The number of likely N-dealkylation sites (N-methyl/N-ethyl adjacent to an activating group) is 2. The summed E-state index contributed by atoms with van der Waals surface area (Å²) in [6, 6.07) is 37.9. The number of ether oxygens (including phenoxy) is 2. The van der Waals surface area contributed by atoms with Crippen LogP contribution in [0.2, 0.25) is 0 Å². The van der Waals surface area contributed by atoms with Gasteiger partial charge in [0.15, 0.2) is 6.04 Å². The first kappa shape index (κ1) is 50.9. The van der Waals surface area contributed by atoms with Gasteiger partial charge in [-0.2, -0.15) is 13.2 Å². The third-order valence-electron chi connectivity index (χ3n) is 11.8.